The monoisotopic (exact) mass is 306 g/mol. The molecule has 0 aliphatic heterocycles. The molecule has 0 unspecified atom stereocenters. The van der Waals surface area contributed by atoms with Gasteiger partial charge in [0.15, 0.2) is 0 Å². The number of nitrogens with zero attached hydrogens (tertiary/aromatic N) is 1. The number of halogens is 4. The van der Waals surface area contributed by atoms with Crippen LogP contribution in [0.5, 0.6) is 0 Å². The molecule has 0 bridgehead atoms. The number of anilines is 1. The van der Waals surface area contributed by atoms with Gasteiger partial charge < -0.3 is 5.32 Å². The van der Waals surface area contributed by atoms with Gasteiger partial charge in [-0.05, 0) is 40.9 Å². The molecule has 0 amide bonds. The summed E-state index contributed by atoms with van der Waals surface area (Å²) < 4.78 is 37.7. The Hall–Kier alpha value is -1.27. The Morgan fingerprint density at radius 1 is 1.32 bits per heavy atom. The Kier molecular flexibility index (Phi) is 4.31. The van der Waals surface area contributed by atoms with Crippen LogP contribution in [0.1, 0.15) is 11.1 Å². The molecule has 0 radical (unpaired) electrons. The lowest BCUT2D eigenvalue weighted by Crippen LogP contribution is -2.10. The van der Waals surface area contributed by atoms with Gasteiger partial charge in [0, 0.05) is 6.54 Å². The first-order valence-corrected chi connectivity index (χ1v) is 6.77. The molecule has 0 atom stereocenters. The van der Waals surface area contributed by atoms with E-state index in [1.807, 2.05) is 16.8 Å². The van der Waals surface area contributed by atoms with Gasteiger partial charge in [0.2, 0.25) is 0 Å². The van der Waals surface area contributed by atoms with Crippen molar-refractivity contribution in [3.05, 3.63) is 45.2 Å². The average molecular weight is 307 g/mol. The van der Waals surface area contributed by atoms with Crippen LogP contribution < -0.4 is 5.32 Å². The average Bonchev–Trinajstić information content (AvgIpc) is 2.80. The summed E-state index contributed by atoms with van der Waals surface area (Å²) in [6.07, 6.45) is -3.70. The molecule has 2 aromatic rings. The molecule has 7 heteroatoms. The van der Waals surface area contributed by atoms with Gasteiger partial charge in [-0.15, -0.1) is 0 Å². The zero-order valence-corrected chi connectivity index (χ0v) is 11.2. The van der Waals surface area contributed by atoms with Crippen LogP contribution in [0.2, 0.25) is 5.15 Å². The predicted octanol–water partition coefficient (Wildman–Crippen LogP) is 4.47. The highest BCUT2D eigenvalue weighted by Gasteiger charge is 2.31. The Morgan fingerprint density at radius 3 is 2.74 bits per heavy atom. The molecule has 2 rings (SSSR count). The van der Waals surface area contributed by atoms with Crippen molar-refractivity contribution >= 4 is 28.8 Å². The zero-order valence-electron chi connectivity index (χ0n) is 9.67. The smallest absolute Gasteiger partial charge is 0.370 e. The molecule has 2 nitrogen and oxygen atoms in total. The predicted molar refractivity (Wildman–Crippen MR) is 70.8 cm³/mol. The Balaban J connectivity index is 2.02. The van der Waals surface area contributed by atoms with Crippen LogP contribution in [-0.4, -0.2) is 11.5 Å². The van der Waals surface area contributed by atoms with E-state index in [0.717, 1.165) is 24.1 Å². The lowest BCUT2D eigenvalue weighted by Gasteiger charge is -2.10. The highest BCUT2D eigenvalue weighted by molar-refractivity contribution is 7.07. The second-order valence-electron chi connectivity index (χ2n) is 3.87. The third-order valence-corrected chi connectivity index (χ3v) is 3.35. The summed E-state index contributed by atoms with van der Waals surface area (Å²) in [7, 11) is 0. The number of hydrogen-bond acceptors (Lipinski definition) is 3. The molecular formula is C12H10ClF3N2S. The van der Waals surface area contributed by atoms with Crippen molar-refractivity contribution in [1.29, 1.82) is 0 Å². The SMILES string of the molecule is FC(F)(F)c1cc(Cl)nc(NCCc2ccsc2)c1. The second kappa shape index (κ2) is 5.79. The van der Waals surface area contributed by atoms with E-state index in [1.54, 1.807) is 11.3 Å². The standard InChI is InChI=1S/C12H10ClF3N2S/c13-10-5-9(12(14,15)16)6-11(18-10)17-3-1-8-2-4-19-7-8/h2,4-7H,1,3H2,(H,17,18). The Morgan fingerprint density at radius 2 is 2.11 bits per heavy atom. The first kappa shape index (κ1) is 14.1. The zero-order chi connectivity index (χ0) is 13.9. The van der Waals surface area contributed by atoms with Crippen LogP contribution in [0.4, 0.5) is 19.0 Å². The van der Waals surface area contributed by atoms with E-state index >= 15 is 0 Å². The molecule has 0 spiro atoms. The Bertz CT molecular complexity index is 540. The van der Waals surface area contributed by atoms with Crippen LogP contribution in [0.25, 0.3) is 0 Å². The van der Waals surface area contributed by atoms with Crippen LogP contribution in [0.15, 0.2) is 29.0 Å². The van der Waals surface area contributed by atoms with E-state index in [1.165, 1.54) is 0 Å². The molecule has 19 heavy (non-hydrogen) atoms. The van der Waals surface area contributed by atoms with Crippen LogP contribution in [0.3, 0.4) is 0 Å². The number of rotatable bonds is 4. The van der Waals surface area contributed by atoms with Crippen molar-refractivity contribution in [2.24, 2.45) is 0 Å². The molecule has 1 N–H and O–H groups in total. The first-order valence-electron chi connectivity index (χ1n) is 5.45. The van der Waals surface area contributed by atoms with E-state index < -0.39 is 11.7 Å². The summed E-state index contributed by atoms with van der Waals surface area (Å²) in [4.78, 5) is 3.82. The molecule has 0 saturated carbocycles. The number of pyridine rings is 1. The van der Waals surface area contributed by atoms with Crippen LogP contribution in [-0.2, 0) is 12.6 Å². The summed E-state index contributed by atoms with van der Waals surface area (Å²) in [5.41, 5.74) is 0.334. The number of hydrogen-bond donors (Lipinski definition) is 1. The summed E-state index contributed by atoms with van der Waals surface area (Å²) in [6.45, 7) is 0.501. The molecule has 2 aromatic heterocycles. The van der Waals surface area contributed by atoms with Crippen molar-refractivity contribution in [3.8, 4) is 0 Å². The number of aromatic nitrogens is 1. The first-order chi connectivity index (χ1) is 8.95. The fraction of sp³-hybridized carbons (Fsp3) is 0.250. The fourth-order valence-electron chi connectivity index (χ4n) is 1.52. The van der Waals surface area contributed by atoms with Gasteiger partial charge in [0.1, 0.15) is 11.0 Å². The Labute approximate surface area is 117 Å². The maximum absolute atomic E-state index is 12.6. The lowest BCUT2D eigenvalue weighted by atomic mass is 10.2. The van der Waals surface area contributed by atoms with Gasteiger partial charge in [-0.2, -0.15) is 24.5 Å². The minimum atomic E-state index is -4.42. The van der Waals surface area contributed by atoms with Crippen molar-refractivity contribution in [1.82, 2.24) is 4.98 Å². The summed E-state index contributed by atoms with van der Waals surface area (Å²) >= 11 is 7.17. The molecule has 0 aliphatic carbocycles. The third kappa shape index (κ3) is 4.11. The van der Waals surface area contributed by atoms with Crippen molar-refractivity contribution < 1.29 is 13.2 Å². The van der Waals surface area contributed by atoms with Gasteiger partial charge in [-0.1, -0.05) is 11.6 Å². The quantitative estimate of drug-likeness (QED) is 0.843. The maximum Gasteiger partial charge on any atom is 0.416 e. The van der Waals surface area contributed by atoms with Gasteiger partial charge in [0.25, 0.3) is 0 Å². The maximum atomic E-state index is 12.6. The number of alkyl halides is 3. The highest BCUT2D eigenvalue weighted by Crippen LogP contribution is 2.31. The van der Waals surface area contributed by atoms with Gasteiger partial charge in [-0.3, -0.25) is 0 Å². The summed E-state index contributed by atoms with van der Waals surface area (Å²) in [5.74, 6) is 0.134. The van der Waals surface area contributed by atoms with Gasteiger partial charge in [0.05, 0.1) is 5.56 Å². The van der Waals surface area contributed by atoms with E-state index in [9.17, 15) is 13.2 Å². The number of nitrogens with one attached hydrogen (secondary N) is 1. The topological polar surface area (TPSA) is 24.9 Å². The molecule has 2 heterocycles. The van der Waals surface area contributed by atoms with E-state index in [4.69, 9.17) is 11.6 Å². The van der Waals surface area contributed by atoms with E-state index in [2.05, 4.69) is 10.3 Å². The number of thiophene rings is 1. The minimum Gasteiger partial charge on any atom is -0.370 e. The molecule has 0 saturated heterocycles. The fourth-order valence-corrected chi connectivity index (χ4v) is 2.43. The molecule has 0 fully saturated rings. The molecule has 102 valence electrons. The van der Waals surface area contributed by atoms with Crippen LogP contribution in [0, 0.1) is 0 Å². The highest BCUT2D eigenvalue weighted by atomic mass is 35.5. The minimum absolute atomic E-state index is 0.134. The normalized spacial score (nSPS) is 11.6. The molecule has 0 aliphatic rings. The largest absolute Gasteiger partial charge is 0.416 e. The lowest BCUT2D eigenvalue weighted by molar-refractivity contribution is -0.137. The van der Waals surface area contributed by atoms with Gasteiger partial charge in [-0.25, -0.2) is 4.98 Å². The third-order valence-electron chi connectivity index (χ3n) is 2.42. The van der Waals surface area contributed by atoms with Crippen molar-refractivity contribution in [3.63, 3.8) is 0 Å². The van der Waals surface area contributed by atoms with E-state index in [0.29, 0.717) is 6.54 Å². The summed E-state index contributed by atoms with van der Waals surface area (Å²) in [5, 5.41) is 6.62. The summed E-state index contributed by atoms with van der Waals surface area (Å²) in [6, 6.07) is 3.74. The van der Waals surface area contributed by atoms with Gasteiger partial charge >= 0.3 is 6.18 Å². The molecular weight excluding hydrogens is 297 g/mol. The van der Waals surface area contributed by atoms with Crippen molar-refractivity contribution in [2.75, 3.05) is 11.9 Å². The van der Waals surface area contributed by atoms with E-state index in [-0.39, 0.29) is 11.0 Å². The second-order valence-corrected chi connectivity index (χ2v) is 5.04. The molecule has 0 aromatic carbocycles. The van der Waals surface area contributed by atoms with Crippen LogP contribution >= 0.6 is 22.9 Å². The van der Waals surface area contributed by atoms with Crippen molar-refractivity contribution in [2.45, 2.75) is 12.6 Å².